The first-order chi connectivity index (χ1) is 14.8. The second-order valence-corrected chi connectivity index (χ2v) is 10.4. The number of sulfonamides is 1. The van der Waals surface area contributed by atoms with Crippen LogP contribution in [-0.4, -0.2) is 63.9 Å². The number of ether oxygens (including phenoxy) is 1. The molecule has 9 heteroatoms. The van der Waals surface area contributed by atoms with Crippen molar-refractivity contribution in [3.8, 4) is 5.75 Å². The van der Waals surface area contributed by atoms with Crippen molar-refractivity contribution in [3.05, 3.63) is 47.3 Å². The van der Waals surface area contributed by atoms with Gasteiger partial charge in [0.25, 0.3) is 10.0 Å². The lowest BCUT2D eigenvalue weighted by molar-refractivity contribution is -0.121. The molecule has 172 valence electrons. The molecule has 1 amide bonds. The first-order valence-corrected chi connectivity index (χ1v) is 12.8. The van der Waals surface area contributed by atoms with Crippen LogP contribution in [0.3, 0.4) is 0 Å². The smallest absolute Gasteiger partial charge is 0.252 e. The number of benzene rings is 1. The standard InChI is InChI=1S/C22H33N3O4S2/c1-5-25(6-2)20(18-10-7-11-19(16-18)29-4)17-23-21(26)12-8-14-24(3)31(27,28)22-13-9-15-30-22/h7,9-11,13,15-16,20H,5-6,8,12,14,17H2,1-4H3,(H,23,26). The number of thiophene rings is 1. The Hall–Kier alpha value is -1.94. The zero-order chi connectivity index (χ0) is 22.9. The number of rotatable bonds is 13. The number of likely N-dealkylation sites (N-methyl/N-ethyl adjacent to an activating group) is 1. The third kappa shape index (κ3) is 7.03. The van der Waals surface area contributed by atoms with Gasteiger partial charge < -0.3 is 10.1 Å². The van der Waals surface area contributed by atoms with Crippen molar-refractivity contribution in [3.63, 3.8) is 0 Å². The maximum Gasteiger partial charge on any atom is 0.252 e. The van der Waals surface area contributed by atoms with Crippen LogP contribution in [0.5, 0.6) is 5.75 Å². The fourth-order valence-corrected chi connectivity index (χ4v) is 5.83. The zero-order valence-corrected chi connectivity index (χ0v) is 20.3. The van der Waals surface area contributed by atoms with Crippen LogP contribution >= 0.6 is 11.3 Å². The van der Waals surface area contributed by atoms with Gasteiger partial charge in [-0.05, 0) is 48.7 Å². The van der Waals surface area contributed by atoms with Gasteiger partial charge in [0.2, 0.25) is 5.91 Å². The number of hydrogen-bond donors (Lipinski definition) is 1. The highest BCUT2D eigenvalue weighted by molar-refractivity contribution is 7.91. The number of carbonyl (C=O) groups excluding carboxylic acids is 1. The molecule has 0 radical (unpaired) electrons. The number of amides is 1. The molecule has 31 heavy (non-hydrogen) atoms. The van der Waals surface area contributed by atoms with Crippen molar-refractivity contribution in [2.75, 3.05) is 40.3 Å². The highest BCUT2D eigenvalue weighted by Gasteiger charge is 2.22. The van der Waals surface area contributed by atoms with E-state index in [0.717, 1.165) is 24.4 Å². The molecule has 0 saturated heterocycles. The van der Waals surface area contributed by atoms with Gasteiger partial charge in [0, 0.05) is 26.6 Å². The van der Waals surface area contributed by atoms with Crippen LogP contribution < -0.4 is 10.1 Å². The Morgan fingerprint density at radius 1 is 1.19 bits per heavy atom. The van der Waals surface area contributed by atoms with E-state index >= 15 is 0 Å². The molecule has 1 heterocycles. The summed E-state index contributed by atoms with van der Waals surface area (Å²) < 4.78 is 31.9. The molecule has 0 fully saturated rings. The molecule has 0 saturated carbocycles. The van der Waals surface area contributed by atoms with Crippen LogP contribution in [0.1, 0.15) is 38.3 Å². The summed E-state index contributed by atoms with van der Waals surface area (Å²) in [6.07, 6.45) is 0.732. The van der Waals surface area contributed by atoms with Gasteiger partial charge in [0.05, 0.1) is 13.2 Å². The van der Waals surface area contributed by atoms with E-state index in [9.17, 15) is 13.2 Å². The van der Waals surface area contributed by atoms with Gasteiger partial charge in [-0.3, -0.25) is 9.69 Å². The van der Waals surface area contributed by atoms with Gasteiger partial charge in [-0.15, -0.1) is 11.3 Å². The molecular formula is C22H33N3O4S2. The number of methoxy groups -OCH3 is 1. The second-order valence-electron chi connectivity index (χ2n) is 7.18. The fourth-order valence-electron chi connectivity index (χ4n) is 3.42. The Morgan fingerprint density at radius 2 is 1.94 bits per heavy atom. The SMILES string of the molecule is CCN(CC)C(CNC(=O)CCCN(C)S(=O)(=O)c1cccs1)c1cccc(OC)c1. The minimum Gasteiger partial charge on any atom is -0.497 e. The van der Waals surface area contributed by atoms with Gasteiger partial charge >= 0.3 is 0 Å². The average molecular weight is 468 g/mol. The van der Waals surface area contributed by atoms with Crippen molar-refractivity contribution in [2.24, 2.45) is 0 Å². The zero-order valence-electron chi connectivity index (χ0n) is 18.7. The van der Waals surface area contributed by atoms with E-state index in [0.29, 0.717) is 23.7 Å². The summed E-state index contributed by atoms with van der Waals surface area (Å²) in [6.45, 7) is 6.70. The van der Waals surface area contributed by atoms with Crippen LogP contribution in [-0.2, 0) is 14.8 Å². The molecule has 0 aliphatic carbocycles. The molecular weight excluding hydrogens is 434 g/mol. The minimum absolute atomic E-state index is 0.0379. The molecule has 1 atom stereocenters. The lowest BCUT2D eigenvalue weighted by Gasteiger charge is -2.30. The lowest BCUT2D eigenvalue weighted by Crippen LogP contribution is -2.38. The van der Waals surface area contributed by atoms with E-state index in [4.69, 9.17) is 4.74 Å². The summed E-state index contributed by atoms with van der Waals surface area (Å²) in [5.41, 5.74) is 1.09. The Bertz CT molecular complexity index is 913. The summed E-state index contributed by atoms with van der Waals surface area (Å²) in [6, 6.07) is 11.2. The molecule has 2 rings (SSSR count). The number of nitrogens with one attached hydrogen (secondary N) is 1. The van der Waals surface area contributed by atoms with Gasteiger partial charge in [0.15, 0.2) is 0 Å². The maximum atomic E-state index is 12.5. The number of nitrogens with zero attached hydrogens (tertiary/aromatic N) is 2. The fraction of sp³-hybridized carbons (Fsp3) is 0.500. The molecule has 0 aliphatic heterocycles. The average Bonchev–Trinajstić information content (AvgIpc) is 3.32. The molecule has 0 aliphatic rings. The van der Waals surface area contributed by atoms with E-state index in [-0.39, 0.29) is 18.4 Å². The quantitative estimate of drug-likeness (QED) is 0.489. The molecule has 0 bridgehead atoms. The third-order valence-corrected chi connectivity index (χ3v) is 8.49. The van der Waals surface area contributed by atoms with Crippen molar-refractivity contribution in [2.45, 2.75) is 36.9 Å². The summed E-state index contributed by atoms with van der Waals surface area (Å²) in [5, 5.41) is 4.76. The molecule has 0 spiro atoms. The lowest BCUT2D eigenvalue weighted by atomic mass is 10.0. The normalized spacial score (nSPS) is 12.8. The van der Waals surface area contributed by atoms with Crippen LogP contribution in [0.15, 0.2) is 46.0 Å². The summed E-state index contributed by atoms with van der Waals surface area (Å²) >= 11 is 1.19. The van der Waals surface area contributed by atoms with Crippen molar-refractivity contribution >= 4 is 27.3 Å². The Balaban J connectivity index is 1.90. The highest BCUT2D eigenvalue weighted by atomic mass is 32.2. The van der Waals surface area contributed by atoms with Gasteiger partial charge in [-0.25, -0.2) is 12.7 Å². The van der Waals surface area contributed by atoms with Crippen LogP contribution in [0.4, 0.5) is 0 Å². The Kier molecular flexibility index (Phi) is 9.95. The topological polar surface area (TPSA) is 79.0 Å². The van der Waals surface area contributed by atoms with E-state index in [1.807, 2.05) is 24.3 Å². The van der Waals surface area contributed by atoms with E-state index < -0.39 is 10.0 Å². The second kappa shape index (κ2) is 12.2. The molecule has 1 N–H and O–H groups in total. The Morgan fingerprint density at radius 3 is 2.55 bits per heavy atom. The number of hydrogen-bond acceptors (Lipinski definition) is 6. The highest BCUT2D eigenvalue weighted by Crippen LogP contribution is 2.24. The van der Waals surface area contributed by atoms with Crippen LogP contribution in [0, 0.1) is 0 Å². The molecule has 1 aromatic heterocycles. The van der Waals surface area contributed by atoms with Gasteiger partial charge in [0.1, 0.15) is 9.96 Å². The van der Waals surface area contributed by atoms with E-state index in [2.05, 4.69) is 24.1 Å². The molecule has 1 aromatic carbocycles. The molecule has 7 nitrogen and oxygen atoms in total. The predicted molar refractivity (Wildman–Crippen MR) is 125 cm³/mol. The summed E-state index contributed by atoms with van der Waals surface area (Å²) in [5.74, 6) is 0.706. The van der Waals surface area contributed by atoms with E-state index in [1.165, 1.54) is 15.6 Å². The van der Waals surface area contributed by atoms with Gasteiger partial charge in [-0.1, -0.05) is 32.0 Å². The third-order valence-electron chi connectivity index (χ3n) is 5.26. The molecule has 2 aromatic rings. The van der Waals surface area contributed by atoms with Crippen LogP contribution in [0.2, 0.25) is 0 Å². The predicted octanol–water partition coefficient (Wildman–Crippen LogP) is 3.36. The Labute approximate surface area is 190 Å². The maximum absolute atomic E-state index is 12.5. The van der Waals surface area contributed by atoms with Gasteiger partial charge in [-0.2, -0.15) is 0 Å². The van der Waals surface area contributed by atoms with Crippen LogP contribution in [0.25, 0.3) is 0 Å². The first kappa shape index (κ1) is 25.3. The molecule has 1 unspecified atom stereocenters. The van der Waals surface area contributed by atoms with Crippen molar-refractivity contribution in [1.29, 1.82) is 0 Å². The monoisotopic (exact) mass is 467 g/mol. The summed E-state index contributed by atoms with van der Waals surface area (Å²) in [4.78, 5) is 14.7. The van der Waals surface area contributed by atoms with E-state index in [1.54, 1.807) is 31.7 Å². The largest absolute Gasteiger partial charge is 0.497 e. The number of carbonyl (C=O) groups is 1. The van der Waals surface area contributed by atoms with Crippen molar-refractivity contribution in [1.82, 2.24) is 14.5 Å². The first-order valence-electron chi connectivity index (χ1n) is 10.5. The van der Waals surface area contributed by atoms with Crippen molar-refractivity contribution < 1.29 is 17.9 Å². The summed E-state index contributed by atoms with van der Waals surface area (Å²) in [7, 11) is -0.289. The minimum atomic E-state index is -3.48.